The quantitative estimate of drug-likeness (QED) is 0.767. The highest BCUT2D eigenvalue weighted by atomic mass is 32.2. The van der Waals surface area contributed by atoms with Crippen LogP contribution in [0.5, 0.6) is 0 Å². The molecule has 2 N–H and O–H groups in total. The number of rotatable bonds is 4. The molecule has 1 aromatic carbocycles. The third-order valence-electron chi connectivity index (χ3n) is 1.96. The number of benzene rings is 1. The molecule has 0 aliphatic rings. The van der Waals surface area contributed by atoms with Gasteiger partial charge >= 0.3 is 0 Å². The molecule has 1 rings (SSSR count). The highest BCUT2D eigenvalue weighted by molar-refractivity contribution is 7.88. The molecule has 0 spiro atoms. The fourth-order valence-corrected chi connectivity index (χ4v) is 1.57. The van der Waals surface area contributed by atoms with Gasteiger partial charge in [0.05, 0.1) is 12.9 Å². The van der Waals surface area contributed by atoms with Crippen LogP contribution in [0.1, 0.15) is 17.5 Å². The molecule has 0 heterocycles. The van der Waals surface area contributed by atoms with Gasteiger partial charge in [0.25, 0.3) is 0 Å². The SMILES string of the molecule is CS(=O)(=O)NCc1ccc(C#CCCO)cc1. The summed E-state index contributed by atoms with van der Waals surface area (Å²) in [5.41, 5.74) is 1.73. The fraction of sp³-hybridized carbons (Fsp3) is 0.333. The smallest absolute Gasteiger partial charge is 0.209 e. The molecule has 92 valence electrons. The highest BCUT2D eigenvalue weighted by Crippen LogP contribution is 2.03. The molecule has 0 aliphatic heterocycles. The van der Waals surface area contributed by atoms with Crippen LogP contribution < -0.4 is 4.72 Å². The Morgan fingerprint density at radius 1 is 1.29 bits per heavy atom. The van der Waals surface area contributed by atoms with Crippen molar-refractivity contribution < 1.29 is 13.5 Å². The van der Waals surface area contributed by atoms with Crippen LogP contribution >= 0.6 is 0 Å². The summed E-state index contributed by atoms with van der Waals surface area (Å²) in [6.07, 6.45) is 1.58. The molecule has 0 saturated carbocycles. The number of nitrogens with one attached hydrogen (secondary N) is 1. The van der Waals surface area contributed by atoms with E-state index in [0.29, 0.717) is 6.42 Å². The van der Waals surface area contributed by atoms with Crippen molar-refractivity contribution in [3.63, 3.8) is 0 Å². The minimum atomic E-state index is -3.16. The average molecular weight is 253 g/mol. The Balaban J connectivity index is 2.60. The highest BCUT2D eigenvalue weighted by Gasteiger charge is 2.00. The summed E-state index contributed by atoms with van der Waals surface area (Å²) in [6.45, 7) is 0.340. The number of aliphatic hydroxyl groups is 1. The molecule has 0 radical (unpaired) electrons. The van der Waals surface area contributed by atoms with Gasteiger partial charge in [-0.3, -0.25) is 0 Å². The van der Waals surface area contributed by atoms with Crippen molar-refractivity contribution in [2.45, 2.75) is 13.0 Å². The average Bonchev–Trinajstić information content (AvgIpc) is 2.27. The van der Waals surface area contributed by atoms with Crippen LogP contribution in [-0.4, -0.2) is 26.4 Å². The summed E-state index contributed by atoms with van der Waals surface area (Å²) >= 11 is 0. The molecule has 17 heavy (non-hydrogen) atoms. The van der Waals surface area contributed by atoms with E-state index in [-0.39, 0.29) is 13.2 Å². The van der Waals surface area contributed by atoms with Gasteiger partial charge in [0.1, 0.15) is 0 Å². The summed E-state index contributed by atoms with van der Waals surface area (Å²) in [5, 5.41) is 8.57. The largest absolute Gasteiger partial charge is 0.395 e. The van der Waals surface area contributed by atoms with E-state index in [4.69, 9.17) is 5.11 Å². The van der Waals surface area contributed by atoms with Crippen molar-refractivity contribution >= 4 is 10.0 Å². The Hall–Kier alpha value is -1.35. The van der Waals surface area contributed by atoms with Crippen molar-refractivity contribution in [2.24, 2.45) is 0 Å². The first-order valence-electron chi connectivity index (χ1n) is 5.14. The van der Waals surface area contributed by atoms with Crippen LogP contribution in [0.15, 0.2) is 24.3 Å². The van der Waals surface area contributed by atoms with Crippen LogP contribution in [0.25, 0.3) is 0 Å². The lowest BCUT2D eigenvalue weighted by Crippen LogP contribution is -2.21. The Labute approximate surface area is 102 Å². The monoisotopic (exact) mass is 253 g/mol. The number of sulfonamides is 1. The maximum absolute atomic E-state index is 10.9. The van der Waals surface area contributed by atoms with E-state index in [9.17, 15) is 8.42 Å². The maximum Gasteiger partial charge on any atom is 0.209 e. The first kappa shape index (κ1) is 13.7. The zero-order valence-corrected chi connectivity index (χ0v) is 10.4. The van der Waals surface area contributed by atoms with Crippen LogP contribution in [0.3, 0.4) is 0 Å². The topological polar surface area (TPSA) is 66.4 Å². The molecule has 4 nitrogen and oxygen atoms in total. The Kier molecular flexibility index (Phi) is 5.16. The van der Waals surface area contributed by atoms with Gasteiger partial charge in [-0.15, -0.1) is 0 Å². The molecule has 0 aromatic heterocycles. The predicted molar refractivity (Wildman–Crippen MR) is 66.7 cm³/mol. The summed E-state index contributed by atoms with van der Waals surface area (Å²) < 4.78 is 24.2. The number of aliphatic hydroxyl groups excluding tert-OH is 1. The molecule has 5 heteroatoms. The zero-order chi connectivity index (χ0) is 12.7. The molecule has 0 amide bonds. The van der Waals surface area contributed by atoms with Crippen LogP contribution in [0, 0.1) is 11.8 Å². The minimum absolute atomic E-state index is 0.0589. The molecule has 0 saturated heterocycles. The summed E-state index contributed by atoms with van der Waals surface area (Å²) in [4.78, 5) is 0. The zero-order valence-electron chi connectivity index (χ0n) is 9.60. The summed E-state index contributed by atoms with van der Waals surface area (Å²) in [7, 11) is -3.16. The Morgan fingerprint density at radius 3 is 2.47 bits per heavy atom. The predicted octanol–water partition coefficient (Wildman–Crippen LogP) is 0.470. The van der Waals surface area contributed by atoms with Gasteiger partial charge in [0.2, 0.25) is 10.0 Å². The first-order valence-corrected chi connectivity index (χ1v) is 7.04. The van der Waals surface area contributed by atoms with E-state index in [2.05, 4.69) is 16.6 Å². The number of hydrogen-bond donors (Lipinski definition) is 2. The van der Waals surface area contributed by atoms with Gasteiger partial charge in [-0.05, 0) is 17.7 Å². The van der Waals surface area contributed by atoms with Gasteiger partial charge in [0.15, 0.2) is 0 Å². The molecule has 0 fully saturated rings. The summed E-state index contributed by atoms with van der Waals surface area (Å²) in [6, 6.07) is 7.29. The third kappa shape index (κ3) is 6.07. The molecule has 1 aromatic rings. The summed E-state index contributed by atoms with van der Waals surface area (Å²) in [5.74, 6) is 5.71. The first-order chi connectivity index (χ1) is 8.01. The van der Waals surface area contributed by atoms with E-state index >= 15 is 0 Å². The normalized spacial score (nSPS) is 10.7. The number of hydrogen-bond acceptors (Lipinski definition) is 3. The van der Waals surface area contributed by atoms with Crippen molar-refractivity contribution in [3.8, 4) is 11.8 Å². The maximum atomic E-state index is 10.9. The molecule has 0 atom stereocenters. The van der Waals surface area contributed by atoms with Gasteiger partial charge in [-0.25, -0.2) is 13.1 Å². The fourth-order valence-electron chi connectivity index (χ4n) is 1.14. The second-order valence-corrected chi connectivity index (χ2v) is 5.40. The van der Waals surface area contributed by atoms with Crippen molar-refractivity contribution in [1.82, 2.24) is 4.72 Å². The standard InChI is InChI=1S/C12H15NO3S/c1-17(15,16)13-10-12-7-5-11(6-8-12)4-2-3-9-14/h5-8,13-14H,3,9-10H2,1H3. The van der Waals surface area contributed by atoms with Crippen LogP contribution in [0.2, 0.25) is 0 Å². The van der Waals surface area contributed by atoms with E-state index in [1.807, 2.05) is 24.3 Å². The van der Waals surface area contributed by atoms with Crippen molar-refractivity contribution in [3.05, 3.63) is 35.4 Å². The van der Waals surface area contributed by atoms with Gasteiger partial charge < -0.3 is 5.11 Å². The Morgan fingerprint density at radius 2 is 1.94 bits per heavy atom. The van der Waals surface area contributed by atoms with Crippen LogP contribution in [-0.2, 0) is 16.6 Å². The molecule has 0 aliphatic carbocycles. The molecule has 0 unspecified atom stereocenters. The van der Waals surface area contributed by atoms with E-state index in [0.717, 1.165) is 17.4 Å². The van der Waals surface area contributed by atoms with Gasteiger partial charge in [-0.1, -0.05) is 24.0 Å². The molecule has 0 bridgehead atoms. The second-order valence-electron chi connectivity index (χ2n) is 3.57. The van der Waals surface area contributed by atoms with Gasteiger partial charge in [-0.2, -0.15) is 0 Å². The van der Waals surface area contributed by atoms with Crippen molar-refractivity contribution in [1.29, 1.82) is 0 Å². The van der Waals surface area contributed by atoms with Gasteiger partial charge in [0, 0.05) is 18.5 Å². The minimum Gasteiger partial charge on any atom is -0.395 e. The van der Waals surface area contributed by atoms with E-state index in [1.165, 1.54) is 0 Å². The third-order valence-corrected chi connectivity index (χ3v) is 2.63. The molecular formula is C12H15NO3S. The van der Waals surface area contributed by atoms with Crippen molar-refractivity contribution in [2.75, 3.05) is 12.9 Å². The Bertz CT molecular complexity index is 509. The van der Waals surface area contributed by atoms with E-state index < -0.39 is 10.0 Å². The second kappa shape index (κ2) is 6.40. The van der Waals surface area contributed by atoms with Crippen LogP contribution in [0.4, 0.5) is 0 Å². The molecular weight excluding hydrogens is 238 g/mol. The van der Waals surface area contributed by atoms with E-state index in [1.54, 1.807) is 0 Å². The lowest BCUT2D eigenvalue weighted by Gasteiger charge is -2.02. The lowest BCUT2D eigenvalue weighted by atomic mass is 10.1. The lowest BCUT2D eigenvalue weighted by molar-refractivity contribution is 0.305.